The van der Waals surface area contributed by atoms with Crippen LogP contribution in [0.3, 0.4) is 0 Å². The first-order valence-electron chi connectivity index (χ1n) is 30.6. The van der Waals surface area contributed by atoms with Crippen LogP contribution in [0.1, 0.15) is 146 Å². The molecule has 84 heavy (non-hydrogen) atoms. The Hall–Kier alpha value is -8.36. The van der Waals surface area contributed by atoms with Gasteiger partial charge in [-0.05, 0) is 114 Å². The zero-order valence-electron chi connectivity index (χ0n) is 48.3. The second-order valence-electron chi connectivity index (χ2n) is 23.7. The second-order valence-corrected chi connectivity index (χ2v) is 23.7. The molecule has 1 unspecified atom stereocenters. The standard InChI is InChI=1S/C76H74O8/c1-3-49(2)23-20-24-50(25-21-43-67(73(77)81-45-69-59-35-12-4-27-51(59)52-28-5-13-36-60(52)69)74(78)82-46-70-61-37-14-6-29-53(61)54-30-7-15-38-62(54)70)26-22-44-68(75(79)83-47-71-63-39-16-8-31-55(63)56-32-9-17-40-64(56)71)76(80)84-48-72-65-41-18-10-33-57(65)58-34-11-19-42-66(58)72/h4-19,27-42,49-50,67-72H,3,20-26,43-48H2,1-2H3. The summed E-state index contributed by atoms with van der Waals surface area (Å²) in [6, 6.07) is 66.0. The summed E-state index contributed by atoms with van der Waals surface area (Å²) in [7, 11) is 0. The first kappa shape index (κ1) is 56.1. The highest BCUT2D eigenvalue weighted by molar-refractivity contribution is 5.96. The molecule has 8 aromatic carbocycles. The monoisotopic (exact) mass is 1110 g/mol. The van der Waals surface area contributed by atoms with E-state index in [1.54, 1.807) is 0 Å². The lowest BCUT2D eigenvalue weighted by molar-refractivity contribution is -0.164. The summed E-state index contributed by atoms with van der Waals surface area (Å²) in [6.07, 6.45) is 7.29. The first-order valence-corrected chi connectivity index (χ1v) is 30.6. The Morgan fingerprint density at radius 1 is 0.310 bits per heavy atom. The van der Waals surface area contributed by atoms with Crippen molar-refractivity contribution < 1.29 is 38.1 Å². The highest BCUT2D eigenvalue weighted by Gasteiger charge is 2.38. The fourth-order valence-corrected chi connectivity index (χ4v) is 14.1. The third-order valence-corrected chi connectivity index (χ3v) is 18.8. The van der Waals surface area contributed by atoms with Gasteiger partial charge in [0, 0.05) is 23.7 Å². The van der Waals surface area contributed by atoms with Gasteiger partial charge in [-0.2, -0.15) is 0 Å². The average molecular weight is 1120 g/mol. The van der Waals surface area contributed by atoms with E-state index in [-0.39, 0.29) is 68.9 Å². The van der Waals surface area contributed by atoms with E-state index >= 15 is 0 Å². The zero-order valence-corrected chi connectivity index (χ0v) is 48.3. The number of ether oxygens (including phenoxy) is 4. The van der Waals surface area contributed by atoms with Crippen LogP contribution in [0.4, 0.5) is 0 Å². The Kier molecular flexibility index (Phi) is 17.1. The lowest BCUT2D eigenvalue weighted by Gasteiger charge is -2.22. The van der Waals surface area contributed by atoms with E-state index in [0.29, 0.717) is 18.8 Å². The van der Waals surface area contributed by atoms with Crippen LogP contribution in [0.15, 0.2) is 194 Å². The lowest BCUT2D eigenvalue weighted by Crippen LogP contribution is -2.30. The van der Waals surface area contributed by atoms with Crippen LogP contribution in [0, 0.1) is 23.7 Å². The van der Waals surface area contributed by atoms with E-state index in [0.717, 1.165) is 128 Å². The maximum atomic E-state index is 14.6. The van der Waals surface area contributed by atoms with Crippen molar-refractivity contribution in [2.24, 2.45) is 23.7 Å². The normalized spacial score (nSPS) is 14.1. The molecular formula is C76H74O8. The van der Waals surface area contributed by atoms with Gasteiger partial charge in [-0.15, -0.1) is 0 Å². The van der Waals surface area contributed by atoms with E-state index in [4.69, 9.17) is 18.9 Å². The van der Waals surface area contributed by atoms with Crippen molar-refractivity contribution >= 4 is 23.9 Å². The Morgan fingerprint density at radius 2 is 0.512 bits per heavy atom. The van der Waals surface area contributed by atoms with Crippen LogP contribution in [-0.4, -0.2) is 50.3 Å². The van der Waals surface area contributed by atoms with Gasteiger partial charge in [0.05, 0.1) is 0 Å². The number of fused-ring (bicyclic) bond motifs is 12. The fraction of sp³-hybridized carbons (Fsp3) is 0.316. The Bertz CT molecular complexity index is 3050. The van der Waals surface area contributed by atoms with E-state index in [9.17, 15) is 19.2 Å². The summed E-state index contributed by atoms with van der Waals surface area (Å²) < 4.78 is 25.0. The Balaban J connectivity index is 0.753. The smallest absolute Gasteiger partial charge is 0.320 e. The van der Waals surface area contributed by atoms with Crippen molar-refractivity contribution in [2.75, 3.05) is 26.4 Å². The molecule has 0 aromatic heterocycles. The van der Waals surface area contributed by atoms with E-state index in [2.05, 4.69) is 111 Å². The summed E-state index contributed by atoms with van der Waals surface area (Å²) in [6.45, 7) is 4.93. The van der Waals surface area contributed by atoms with Gasteiger partial charge in [-0.3, -0.25) is 19.2 Å². The molecule has 4 aliphatic rings. The summed E-state index contributed by atoms with van der Waals surface area (Å²) >= 11 is 0. The van der Waals surface area contributed by atoms with E-state index in [1.807, 2.05) is 97.1 Å². The van der Waals surface area contributed by atoms with Crippen molar-refractivity contribution in [2.45, 2.75) is 102 Å². The minimum absolute atomic E-state index is 0.104. The van der Waals surface area contributed by atoms with Crippen LogP contribution in [0.2, 0.25) is 0 Å². The molecule has 0 amide bonds. The number of esters is 4. The maximum absolute atomic E-state index is 14.6. The van der Waals surface area contributed by atoms with Crippen molar-refractivity contribution in [3.63, 3.8) is 0 Å². The van der Waals surface area contributed by atoms with Gasteiger partial charge in [0.25, 0.3) is 0 Å². The van der Waals surface area contributed by atoms with Crippen molar-refractivity contribution in [1.29, 1.82) is 0 Å². The zero-order chi connectivity index (χ0) is 57.5. The van der Waals surface area contributed by atoms with Crippen LogP contribution in [-0.2, 0) is 38.1 Å². The molecule has 426 valence electrons. The van der Waals surface area contributed by atoms with Crippen LogP contribution < -0.4 is 0 Å². The molecule has 12 rings (SSSR count). The minimum Gasteiger partial charge on any atom is -0.464 e. The van der Waals surface area contributed by atoms with Crippen molar-refractivity contribution in [1.82, 2.24) is 0 Å². The van der Waals surface area contributed by atoms with E-state index < -0.39 is 35.7 Å². The number of carbonyl (C=O) groups is 4. The lowest BCUT2D eigenvalue weighted by atomic mass is 9.86. The quantitative estimate of drug-likeness (QED) is 0.0317. The number of rotatable bonds is 25. The molecule has 1 atom stereocenters. The van der Waals surface area contributed by atoms with Crippen molar-refractivity contribution in [3.8, 4) is 44.5 Å². The van der Waals surface area contributed by atoms with Crippen molar-refractivity contribution in [3.05, 3.63) is 239 Å². The Labute approximate surface area is 494 Å². The topological polar surface area (TPSA) is 105 Å². The maximum Gasteiger partial charge on any atom is 0.320 e. The molecule has 0 N–H and O–H groups in total. The summed E-state index contributed by atoms with van der Waals surface area (Å²) in [4.78, 5) is 58.4. The SMILES string of the molecule is CCC(C)CCCC(CCCC(C(=O)OCC1c2ccccc2-c2ccccc21)C(=O)OCC1c2ccccc2-c2ccccc21)CCCC(C(=O)OCC1c2ccccc2-c2ccccc21)C(=O)OCC1c2ccccc2-c2ccccc21. The van der Waals surface area contributed by atoms with Gasteiger partial charge in [-0.25, -0.2) is 0 Å². The third kappa shape index (κ3) is 11.5. The molecule has 0 fully saturated rings. The highest BCUT2D eigenvalue weighted by Crippen LogP contribution is 2.49. The van der Waals surface area contributed by atoms with Gasteiger partial charge < -0.3 is 18.9 Å². The molecule has 4 aliphatic carbocycles. The molecule has 8 aromatic rings. The predicted octanol–water partition coefficient (Wildman–Crippen LogP) is 16.8. The summed E-state index contributed by atoms with van der Waals surface area (Å²) in [5, 5.41) is 0. The van der Waals surface area contributed by atoms with Gasteiger partial charge in [0.15, 0.2) is 11.8 Å². The molecule has 0 saturated carbocycles. The van der Waals surface area contributed by atoms with Crippen LogP contribution >= 0.6 is 0 Å². The fourth-order valence-electron chi connectivity index (χ4n) is 14.1. The molecule has 0 spiro atoms. The molecular weight excluding hydrogens is 1040 g/mol. The summed E-state index contributed by atoms with van der Waals surface area (Å²) in [5.41, 5.74) is 17.8. The minimum atomic E-state index is -1.13. The molecule has 0 saturated heterocycles. The number of hydrogen-bond donors (Lipinski definition) is 0. The second kappa shape index (κ2) is 25.6. The molecule has 8 nitrogen and oxygen atoms in total. The number of benzene rings is 8. The highest BCUT2D eigenvalue weighted by atomic mass is 16.6. The number of hydrogen-bond acceptors (Lipinski definition) is 8. The molecule has 0 bridgehead atoms. The predicted molar refractivity (Wildman–Crippen MR) is 330 cm³/mol. The van der Waals surface area contributed by atoms with Gasteiger partial charge >= 0.3 is 23.9 Å². The number of carbonyl (C=O) groups excluding carboxylic acids is 4. The third-order valence-electron chi connectivity index (χ3n) is 18.8. The molecule has 0 radical (unpaired) electrons. The van der Waals surface area contributed by atoms with Gasteiger partial charge in [0.1, 0.15) is 26.4 Å². The first-order chi connectivity index (χ1) is 41.2. The average Bonchev–Trinajstić information content (AvgIpc) is 3.49. The summed E-state index contributed by atoms with van der Waals surface area (Å²) in [5.74, 6) is -4.42. The molecule has 0 aliphatic heterocycles. The van der Waals surface area contributed by atoms with Crippen LogP contribution in [0.5, 0.6) is 0 Å². The molecule has 8 heteroatoms. The molecule has 0 heterocycles. The van der Waals surface area contributed by atoms with Crippen LogP contribution in [0.25, 0.3) is 44.5 Å². The largest absolute Gasteiger partial charge is 0.464 e. The van der Waals surface area contributed by atoms with Gasteiger partial charge in [-0.1, -0.05) is 259 Å². The van der Waals surface area contributed by atoms with Gasteiger partial charge in [0.2, 0.25) is 0 Å². The Morgan fingerprint density at radius 3 is 0.726 bits per heavy atom. The van der Waals surface area contributed by atoms with E-state index in [1.165, 1.54) is 0 Å².